The molecule has 3 aromatic rings. The minimum Gasteiger partial charge on any atom is -0.343 e. The number of aromatic nitrogens is 2. The molecule has 0 fully saturated rings. The van der Waals surface area contributed by atoms with Gasteiger partial charge in [0.25, 0.3) is 5.91 Å². The van der Waals surface area contributed by atoms with Crippen molar-refractivity contribution in [3.05, 3.63) is 77.5 Å². The van der Waals surface area contributed by atoms with Crippen LogP contribution in [0.3, 0.4) is 0 Å². The highest BCUT2D eigenvalue weighted by Gasteiger charge is 2.29. The molecule has 0 aliphatic heterocycles. The zero-order valence-electron chi connectivity index (χ0n) is 14.6. The quantitative estimate of drug-likeness (QED) is 0.729. The van der Waals surface area contributed by atoms with Gasteiger partial charge in [0.15, 0.2) is 0 Å². The Morgan fingerprint density at radius 3 is 2.37 bits per heavy atom. The predicted octanol–water partition coefficient (Wildman–Crippen LogP) is 4.20. The highest BCUT2D eigenvalue weighted by atomic mass is 19.4. The van der Waals surface area contributed by atoms with Crippen molar-refractivity contribution in [2.45, 2.75) is 19.6 Å². The number of carbonyl (C=O) groups is 1. The maximum atomic E-state index is 12.5. The molecule has 3 rings (SSSR count). The third-order valence-electron chi connectivity index (χ3n) is 3.97. The molecule has 7 heteroatoms. The molecule has 27 heavy (non-hydrogen) atoms. The Bertz CT molecular complexity index is 916. The fourth-order valence-electron chi connectivity index (χ4n) is 2.64. The van der Waals surface area contributed by atoms with Crippen LogP contribution in [0.5, 0.6) is 0 Å². The van der Waals surface area contributed by atoms with E-state index in [-0.39, 0.29) is 5.56 Å². The normalized spacial score (nSPS) is 11.4. The lowest BCUT2D eigenvalue weighted by Gasteiger charge is -2.08. The van der Waals surface area contributed by atoms with Crippen molar-refractivity contribution in [1.29, 1.82) is 0 Å². The predicted molar refractivity (Wildman–Crippen MR) is 96.3 cm³/mol. The molecule has 0 aliphatic carbocycles. The summed E-state index contributed by atoms with van der Waals surface area (Å²) in [6, 6.07) is 16.8. The molecule has 0 bridgehead atoms. The number of benzene rings is 2. The Labute approximate surface area is 154 Å². The summed E-state index contributed by atoms with van der Waals surface area (Å²) in [7, 11) is 0. The number of nitrogens with zero attached hydrogens (tertiary/aromatic N) is 2. The summed E-state index contributed by atoms with van der Waals surface area (Å²) < 4.78 is 38.9. The van der Waals surface area contributed by atoms with Crippen LogP contribution in [-0.4, -0.2) is 28.4 Å². The largest absolute Gasteiger partial charge is 0.405 e. The number of carbonyl (C=O) groups excluding carboxylic acids is 1. The smallest absolute Gasteiger partial charge is 0.343 e. The van der Waals surface area contributed by atoms with Crippen molar-refractivity contribution in [3.8, 4) is 11.3 Å². The first-order valence-corrected chi connectivity index (χ1v) is 8.35. The molecule has 1 amide bonds. The molecule has 1 aromatic heterocycles. The van der Waals surface area contributed by atoms with E-state index in [1.54, 1.807) is 16.8 Å². The van der Waals surface area contributed by atoms with Crippen LogP contribution in [0.1, 0.15) is 21.5 Å². The maximum absolute atomic E-state index is 12.5. The van der Waals surface area contributed by atoms with Gasteiger partial charge in [-0.1, -0.05) is 60.2 Å². The molecule has 0 radical (unpaired) electrons. The van der Waals surface area contributed by atoms with Gasteiger partial charge in [0, 0.05) is 11.8 Å². The van der Waals surface area contributed by atoms with Crippen LogP contribution in [-0.2, 0) is 6.54 Å². The van der Waals surface area contributed by atoms with E-state index in [0.717, 1.165) is 11.1 Å². The maximum Gasteiger partial charge on any atom is 0.405 e. The highest BCUT2D eigenvalue weighted by molar-refractivity contribution is 5.99. The molecule has 1 N–H and O–H groups in total. The number of amides is 1. The molecule has 140 valence electrons. The number of aryl methyl sites for hydroxylation is 1. The number of alkyl halides is 3. The second kappa shape index (κ2) is 7.65. The fourth-order valence-corrected chi connectivity index (χ4v) is 2.64. The van der Waals surface area contributed by atoms with Crippen molar-refractivity contribution < 1.29 is 18.0 Å². The van der Waals surface area contributed by atoms with E-state index in [0.29, 0.717) is 17.8 Å². The van der Waals surface area contributed by atoms with Gasteiger partial charge in [-0.15, -0.1) is 0 Å². The lowest BCUT2D eigenvalue weighted by Crippen LogP contribution is -2.33. The summed E-state index contributed by atoms with van der Waals surface area (Å²) in [5, 5.41) is 6.37. The van der Waals surface area contributed by atoms with E-state index < -0.39 is 18.6 Å². The van der Waals surface area contributed by atoms with E-state index in [1.807, 2.05) is 54.7 Å². The standard InChI is InChI=1S/C20H18F3N3O/c1-14-7-9-16(10-8-14)18-17(19(27)24-13-20(21,22)23)12-26(25-18)11-15-5-3-2-4-6-15/h2-10,12H,11,13H2,1H3,(H,24,27). The van der Waals surface area contributed by atoms with E-state index in [9.17, 15) is 18.0 Å². The molecule has 2 aromatic carbocycles. The summed E-state index contributed by atoms with van der Waals surface area (Å²) in [5.74, 6) is -0.804. The van der Waals surface area contributed by atoms with Gasteiger partial charge in [-0.2, -0.15) is 18.3 Å². The first-order valence-electron chi connectivity index (χ1n) is 8.35. The monoisotopic (exact) mass is 373 g/mol. The second-order valence-corrected chi connectivity index (χ2v) is 6.24. The molecule has 0 spiro atoms. The van der Waals surface area contributed by atoms with Gasteiger partial charge < -0.3 is 5.32 Å². The molecular formula is C20H18F3N3O. The summed E-state index contributed by atoms with van der Waals surface area (Å²) in [4.78, 5) is 12.4. The molecule has 1 heterocycles. The molecule has 0 unspecified atom stereocenters. The van der Waals surface area contributed by atoms with Crippen LogP contribution in [0.2, 0.25) is 0 Å². The van der Waals surface area contributed by atoms with Crippen molar-refractivity contribution in [3.63, 3.8) is 0 Å². The van der Waals surface area contributed by atoms with E-state index in [2.05, 4.69) is 5.10 Å². The molecule has 0 atom stereocenters. The Kier molecular flexibility index (Phi) is 5.30. The Balaban J connectivity index is 1.93. The minimum atomic E-state index is -4.47. The van der Waals surface area contributed by atoms with Crippen LogP contribution in [0.15, 0.2) is 60.8 Å². The van der Waals surface area contributed by atoms with Gasteiger partial charge in [-0.25, -0.2) is 0 Å². The van der Waals surface area contributed by atoms with E-state index in [1.165, 1.54) is 6.20 Å². The zero-order chi connectivity index (χ0) is 19.4. The Morgan fingerprint density at radius 2 is 1.74 bits per heavy atom. The second-order valence-electron chi connectivity index (χ2n) is 6.24. The van der Waals surface area contributed by atoms with E-state index >= 15 is 0 Å². The SMILES string of the molecule is Cc1ccc(-c2nn(Cc3ccccc3)cc2C(=O)NCC(F)(F)F)cc1. The summed E-state index contributed by atoms with van der Waals surface area (Å²) in [5.41, 5.74) is 3.14. The minimum absolute atomic E-state index is 0.110. The Hall–Kier alpha value is -3.09. The Morgan fingerprint density at radius 1 is 1.07 bits per heavy atom. The van der Waals surface area contributed by atoms with Gasteiger partial charge in [-0.05, 0) is 12.5 Å². The first kappa shape index (κ1) is 18.7. The first-order chi connectivity index (χ1) is 12.8. The zero-order valence-corrected chi connectivity index (χ0v) is 14.6. The fraction of sp³-hybridized carbons (Fsp3) is 0.200. The number of nitrogens with one attached hydrogen (secondary N) is 1. The topological polar surface area (TPSA) is 46.9 Å². The van der Waals surface area contributed by atoms with Crippen molar-refractivity contribution in [2.24, 2.45) is 0 Å². The summed E-state index contributed by atoms with van der Waals surface area (Å²) >= 11 is 0. The highest BCUT2D eigenvalue weighted by Crippen LogP contribution is 2.23. The van der Waals surface area contributed by atoms with Crippen molar-refractivity contribution in [1.82, 2.24) is 15.1 Å². The molecule has 4 nitrogen and oxygen atoms in total. The molecule has 0 saturated heterocycles. The lowest BCUT2D eigenvalue weighted by atomic mass is 10.1. The molecule has 0 saturated carbocycles. The van der Waals surface area contributed by atoms with Crippen molar-refractivity contribution >= 4 is 5.91 Å². The third kappa shape index (κ3) is 4.97. The average molecular weight is 373 g/mol. The van der Waals surface area contributed by atoms with Crippen LogP contribution < -0.4 is 5.32 Å². The summed E-state index contributed by atoms with van der Waals surface area (Å²) in [6.07, 6.45) is -2.99. The van der Waals surface area contributed by atoms with Crippen LogP contribution in [0.25, 0.3) is 11.3 Å². The summed E-state index contributed by atoms with van der Waals surface area (Å²) in [6.45, 7) is 0.948. The number of rotatable bonds is 5. The number of halogens is 3. The molecule has 0 aliphatic rings. The average Bonchev–Trinajstić information content (AvgIpc) is 3.04. The van der Waals surface area contributed by atoms with Crippen LogP contribution >= 0.6 is 0 Å². The van der Waals surface area contributed by atoms with Gasteiger partial charge >= 0.3 is 6.18 Å². The molecular weight excluding hydrogens is 355 g/mol. The van der Waals surface area contributed by atoms with Crippen molar-refractivity contribution in [2.75, 3.05) is 6.54 Å². The number of hydrogen-bond donors (Lipinski definition) is 1. The van der Waals surface area contributed by atoms with Crippen LogP contribution in [0, 0.1) is 6.92 Å². The third-order valence-corrected chi connectivity index (χ3v) is 3.97. The van der Waals surface area contributed by atoms with Gasteiger partial charge in [0.1, 0.15) is 12.2 Å². The lowest BCUT2D eigenvalue weighted by molar-refractivity contribution is -0.123. The van der Waals surface area contributed by atoms with Crippen LogP contribution in [0.4, 0.5) is 13.2 Å². The van der Waals surface area contributed by atoms with E-state index in [4.69, 9.17) is 0 Å². The number of hydrogen-bond acceptors (Lipinski definition) is 2. The van der Waals surface area contributed by atoms with Gasteiger partial charge in [-0.3, -0.25) is 9.48 Å². The van der Waals surface area contributed by atoms with Gasteiger partial charge in [0.2, 0.25) is 0 Å². The van der Waals surface area contributed by atoms with Gasteiger partial charge in [0.05, 0.1) is 12.1 Å².